The van der Waals surface area contributed by atoms with Gasteiger partial charge in [-0.1, -0.05) is 29.8 Å². The molecule has 0 radical (unpaired) electrons. The van der Waals surface area contributed by atoms with Crippen LogP contribution in [0.3, 0.4) is 0 Å². The normalized spacial score (nSPS) is 29.0. The van der Waals surface area contributed by atoms with E-state index >= 15 is 0 Å². The molecule has 1 saturated heterocycles. The first-order valence-corrected chi connectivity index (χ1v) is 5.93. The average molecular weight is 240 g/mol. The van der Waals surface area contributed by atoms with Gasteiger partial charge in [0.05, 0.1) is 18.8 Å². The lowest BCUT2D eigenvalue weighted by Gasteiger charge is -2.44. The van der Waals surface area contributed by atoms with Gasteiger partial charge in [0.2, 0.25) is 0 Å². The smallest absolute Gasteiger partial charge is 0.0689 e. The van der Waals surface area contributed by atoms with E-state index < -0.39 is 0 Å². The van der Waals surface area contributed by atoms with Gasteiger partial charge in [0.1, 0.15) is 0 Å². The Kier molecular flexibility index (Phi) is 2.99. The van der Waals surface area contributed by atoms with Crippen molar-refractivity contribution in [3.8, 4) is 0 Å². The second kappa shape index (κ2) is 4.02. The highest BCUT2D eigenvalue weighted by atomic mass is 35.5. The largest absolute Gasteiger partial charge is 0.377 e. The number of morpholine rings is 1. The fraction of sp³-hybridized carbons (Fsp3) is 0.538. The molecular formula is C13H18ClNO. The van der Waals surface area contributed by atoms with Crippen LogP contribution in [0.15, 0.2) is 24.3 Å². The topological polar surface area (TPSA) is 21.3 Å². The van der Waals surface area contributed by atoms with Crippen molar-refractivity contribution in [3.05, 3.63) is 34.9 Å². The molecule has 1 fully saturated rings. The van der Waals surface area contributed by atoms with Crippen LogP contribution in [-0.4, -0.2) is 18.8 Å². The van der Waals surface area contributed by atoms with Crippen molar-refractivity contribution in [2.45, 2.75) is 31.8 Å². The Balaban J connectivity index is 2.35. The Labute approximate surface area is 102 Å². The van der Waals surface area contributed by atoms with Gasteiger partial charge in [-0.2, -0.15) is 0 Å². The first-order chi connectivity index (χ1) is 7.43. The van der Waals surface area contributed by atoms with E-state index in [1.54, 1.807) is 0 Å². The molecule has 1 atom stereocenters. The summed E-state index contributed by atoms with van der Waals surface area (Å²) in [5.74, 6) is 0. The molecule has 16 heavy (non-hydrogen) atoms. The van der Waals surface area contributed by atoms with Crippen molar-refractivity contribution in [1.29, 1.82) is 0 Å². The first-order valence-electron chi connectivity index (χ1n) is 5.55. The van der Waals surface area contributed by atoms with Crippen LogP contribution < -0.4 is 5.32 Å². The molecular weight excluding hydrogens is 222 g/mol. The van der Waals surface area contributed by atoms with E-state index in [0.717, 1.165) is 17.2 Å². The number of hydrogen-bond acceptors (Lipinski definition) is 2. The zero-order valence-corrected chi connectivity index (χ0v) is 10.8. The maximum atomic E-state index is 6.24. The third kappa shape index (κ3) is 2.24. The van der Waals surface area contributed by atoms with Crippen molar-refractivity contribution >= 4 is 11.6 Å². The van der Waals surface area contributed by atoms with Crippen LogP contribution in [-0.2, 0) is 10.3 Å². The van der Waals surface area contributed by atoms with Crippen LogP contribution >= 0.6 is 11.6 Å². The maximum Gasteiger partial charge on any atom is 0.0689 e. The zero-order valence-electron chi connectivity index (χ0n) is 10.0. The van der Waals surface area contributed by atoms with E-state index in [-0.39, 0.29) is 11.1 Å². The van der Waals surface area contributed by atoms with Crippen molar-refractivity contribution < 1.29 is 4.74 Å². The van der Waals surface area contributed by atoms with Crippen LogP contribution in [0.2, 0.25) is 5.02 Å². The average Bonchev–Trinajstić information content (AvgIpc) is 2.16. The molecule has 88 valence electrons. The molecule has 1 unspecified atom stereocenters. The van der Waals surface area contributed by atoms with Gasteiger partial charge in [-0.3, -0.25) is 5.32 Å². The zero-order chi connectivity index (χ0) is 11.8. The molecule has 0 spiro atoms. The minimum Gasteiger partial charge on any atom is -0.377 e. The summed E-state index contributed by atoms with van der Waals surface area (Å²) in [4.78, 5) is 0. The number of hydrogen-bond donors (Lipinski definition) is 1. The fourth-order valence-corrected chi connectivity index (χ4v) is 2.73. The standard InChI is InChI=1S/C13H18ClNO/c1-12(2)8-16-9-13(3,15-12)10-6-4-5-7-11(10)14/h4-7,15H,8-9H2,1-3H3. The Hall–Kier alpha value is -0.570. The Morgan fingerprint density at radius 3 is 2.50 bits per heavy atom. The number of rotatable bonds is 1. The number of nitrogens with one attached hydrogen (secondary N) is 1. The van der Waals surface area contributed by atoms with Gasteiger partial charge in [-0.05, 0) is 32.4 Å². The van der Waals surface area contributed by atoms with E-state index in [9.17, 15) is 0 Å². The van der Waals surface area contributed by atoms with Crippen LogP contribution in [0, 0.1) is 0 Å². The highest BCUT2D eigenvalue weighted by molar-refractivity contribution is 6.31. The molecule has 2 nitrogen and oxygen atoms in total. The minimum atomic E-state index is -0.208. The molecule has 1 aliphatic rings. The van der Waals surface area contributed by atoms with E-state index in [4.69, 9.17) is 16.3 Å². The lowest BCUT2D eigenvalue weighted by molar-refractivity contribution is -0.0263. The minimum absolute atomic E-state index is 0.0217. The molecule has 1 aliphatic heterocycles. The summed E-state index contributed by atoms with van der Waals surface area (Å²) in [7, 11) is 0. The van der Waals surface area contributed by atoms with Gasteiger partial charge in [0.25, 0.3) is 0 Å². The van der Waals surface area contributed by atoms with Crippen molar-refractivity contribution in [2.24, 2.45) is 0 Å². The van der Waals surface area contributed by atoms with E-state index in [1.165, 1.54) is 0 Å². The summed E-state index contributed by atoms with van der Waals surface area (Å²) in [6, 6.07) is 7.94. The number of halogens is 1. The highest BCUT2D eigenvalue weighted by Crippen LogP contribution is 2.32. The molecule has 3 heteroatoms. The van der Waals surface area contributed by atoms with Gasteiger partial charge >= 0.3 is 0 Å². The molecule has 0 aromatic heterocycles. The fourth-order valence-electron chi connectivity index (χ4n) is 2.38. The molecule has 2 rings (SSSR count). The highest BCUT2D eigenvalue weighted by Gasteiger charge is 2.38. The van der Waals surface area contributed by atoms with Crippen molar-refractivity contribution in [1.82, 2.24) is 5.32 Å². The molecule has 0 bridgehead atoms. The molecule has 1 aromatic rings. The summed E-state index contributed by atoms with van der Waals surface area (Å²) < 4.78 is 5.69. The SMILES string of the molecule is CC1(C)COCC(C)(c2ccccc2Cl)N1. The maximum absolute atomic E-state index is 6.24. The Morgan fingerprint density at radius 2 is 1.88 bits per heavy atom. The molecule has 1 aromatic carbocycles. The second-order valence-corrected chi connectivity index (χ2v) is 5.72. The molecule has 0 saturated carbocycles. The molecule has 1 N–H and O–H groups in total. The number of ether oxygens (including phenoxy) is 1. The van der Waals surface area contributed by atoms with Crippen LogP contribution in [0.25, 0.3) is 0 Å². The van der Waals surface area contributed by atoms with Gasteiger partial charge in [0, 0.05) is 10.6 Å². The first kappa shape index (κ1) is 11.9. The predicted molar refractivity (Wildman–Crippen MR) is 66.8 cm³/mol. The monoisotopic (exact) mass is 239 g/mol. The van der Waals surface area contributed by atoms with Gasteiger partial charge < -0.3 is 4.74 Å². The van der Waals surface area contributed by atoms with Gasteiger partial charge in [-0.25, -0.2) is 0 Å². The van der Waals surface area contributed by atoms with Crippen molar-refractivity contribution in [2.75, 3.05) is 13.2 Å². The van der Waals surface area contributed by atoms with Gasteiger partial charge in [-0.15, -0.1) is 0 Å². The van der Waals surface area contributed by atoms with E-state index in [1.807, 2.05) is 18.2 Å². The molecule has 0 aliphatic carbocycles. The second-order valence-electron chi connectivity index (χ2n) is 5.31. The molecule has 1 heterocycles. The third-order valence-electron chi connectivity index (χ3n) is 2.94. The lowest BCUT2D eigenvalue weighted by Crippen LogP contribution is -2.60. The summed E-state index contributed by atoms with van der Waals surface area (Å²) >= 11 is 6.24. The lowest BCUT2D eigenvalue weighted by atomic mass is 9.87. The third-order valence-corrected chi connectivity index (χ3v) is 3.27. The quantitative estimate of drug-likeness (QED) is 0.814. The van der Waals surface area contributed by atoms with E-state index in [2.05, 4.69) is 32.2 Å². The summed E-state index contributed by atoms with van der Waals surface area (Å²) in [6.45, 7) is 7.80. The van der Waals surface area contributed by atoms with Crippen LogP contribution in [0.5, 0.6) is 0 Å². The number of benzene rings is 1. The Bertz CT molecular complexity index is 391. The molecule has 0 amide bonds. The predicted octanol–water partition coefficient (Wildman–Crippen LogP) is 2.95. The Morgan fingerprint density at radius 1 is 1.19 bits per heavy atom. The summed E-state index contributed by atoms with van der Waals surface area (Å²) in [6.07, 6.45) is 0. The van der Waals surface area contributed by atoms with Crippen LogP contribution in [0.1, 0.15) is 26.3 Å². The summed E-state index contributed by atoms with van der Waals surface area (Å²) in [5, 5.41) is 4.41. The summed E-state index contributed by atoms with van der Waals surface area (Å²) in [5.41, 5.74) is 0.871. The van der Waals surface area contributed by atoms with Crippen LogP contribution in [0.4, 0.5) is 0 Å². The van der Waals surface area contributed by atoms with E-state index in [0.29, 0.717) is 6.61 Å². The van der Waals surface area contributed by atoms with Gasteiger partial charge in [0.15, 0.2) is 0 Å². The van der Waals surface area contributed by atoms with Crippen molar-refractivity contribution in [3.63, 3.8) is 0 Å².